The van der Waals surface area contributed by atoms with Crippen molar-refractivity contribution in [3.8, 4) is 11.1 Å². The van der Waals surface area contributed by atoms with Crippen LogP contribution in [0, 0.1) is 0 Å². The van der Waals surface area contributed by atoms with Crippen LogP contribution in [0.5, 0.6) is 0 Å². The lowest BCUT2D eigenvalue weighted by atomic mass is 9.95. The number of hydrogen-bond acceptors (Lipinski definition) is 3. The quantitative estimate of drug-likeness (QED) is 0.174. The summed E-state index contributed by atoms with van der Waals surface area (Å²) in [4.78, 5) is 2.47. The number of thiophene rings is 1. The Balaban J connectivity index is 1.27. The highest BCUT2D eigenvalue weighted by molar-refractivity contribution is 7.26. The van der Waals surface area contributed by atoms with Crippen LogP contribution in [0.2, 0.25) is 0 Å². The molecule has 0 aliphatic rings. The first-order valence-corrected chi connectivity index (χ1v) is 18.2. The second-order valence-electron chi connectivity index (χ2n) is 13.2. The molecule has 0 fully saturated rings. The molecular formula is C48H29NOS. The fraction of sp³-hybridized carbons (Fsp3) is 0. The highest BCUT2D eigenvalue weighted by Crippen LogP contribution is 2.50. The third-order valence-electron chi connectivity index (χ3n) is 10.4. The van der Waals surface area contributed by atoms with Gasteiger partial charge in [-0.25, -0.2) is 0 Å². The molecule has 0 unspecified atom stereocenters. The minimum absolute atomic E-state index is 0.881. The van der Waals surface area contributed by atoms with E-state index in [2.05, 4.69) is 181 Å². The lowest BCUT2D eigenvalue weighted by Crippen LogP contribution is -2.10. The summed E-state index contributed by atoms with van der Waals surface area (Å²) in [7, 11) is 0. The summed E-state index contributed by atoms with van der Waals surface area (Å²) < 4.78 is 9.44. The van der Waals surface area contributed by atoms with Crippen molar-refractivity contribution < 1.29 is 4.42 Å². The van der Waals surface area contributed by atoms with Crippen LogP contribution in [0.25, 0.3) is 85.6 Å². The summed E-state index contributed by atoms with van der Waals surface area (Å²) in [6.07, 6.45) is 0. The summed E-state index contributed by atoms with van der Waals surface area (Å²) in [5.41, 5.74) is 7.37. The van der Waals surface area contributed by atoms with Crippen LogP contribution in [-0.4, -0.2) is 0 Å². The molecule has 0 aliphatic carbocycles. The van der Waals surface area contributed by atoms with Gasteiger partial charge >= 0.3 is 0 Å². The van der Waals surface area contributed by atoms with E-state index < -0.39 is 0 Å². The predicted octanol–water partition coefficient (Wildman–Crippen LogP) is 14.6. The van der Waals surface area contributed by atoms with Crippen molar-refractivity contribution in [2.45, 2.75) is 0 Å². The van der Waals surface area contributed by atoms with Gasteiger partial charge in [0.25, 0.3) is 0 Å². The molecule has 0 N–H and O–H groups in total. The van der Waals surface area contributed by atoms with Gasteiger partial charge in [-0.2, -0.15) is 0 Å². The first kappa shape index (κ1) is 28.4. The normalized spacial score (nSPS) is 11.9. The Hall–Kier alpha value is -6.42. The molecule has 0 saturated carbocycles. The maximum Gasteiger partial charge on any atom is 0.145 e. The molecule has 0 bridgehead atoms. The van der Waals surface area contributed by atoms with Gasteiger partial charge in [-0.05, 0) is 80.3 Å². The van der Waals surface area contributed by atoms with Gasteiger partial charge in [-0.15, -0.1) is 11.3 Å². The van der Waals surface area contributed by atoms with Crippen molar-refractivity contribution in [2.75, 3.05) is 4.90 Å². The first-order valence-electron chi connectivity index (χ1n) is 17.3. The Bertz CT molecular complexity index is 3160. The average Bonchev–Trinajstić information content (AvgIpc) is 3.78. The van der Waals surface area contributed by atoms with E-state index in [0.717, 1.165) is 44.6 Å². The van der Waals surface area contributed by atoms with Crippen LogP contribution in [0.15, 0.2) is 180 Å². The van der Waals surface area contributed by atoms with Crippen molar-refractivity contribution in [3.63, 3.8) is 0 Å². The number of furan rings is 1. The highest BCUT2D eigenvalue weighted by Gasteiger charge is 2.25. The fourth-order valence-corrected chi connectivity index (χ4v) is 9.32. The molecule has 238 valence electrons. The maximum absolute atomic E-state index is 6.89. The molecule has 0 spiro atoms. The smallest absolute Gasteiger partial charge is 0.145 e. The van der Waals surface area contributed by atoms with Gasteiger partial charge in [0.1, 0.15) is 11.2 Å². The minimum Gasteiger partial charge on any atom is -0.455 e. The Kier molecular flexibility index (Phi) is 6.16. The highest BCUT2D eigenvalue weighted by atomic mass is 32.1. The summed E-state index contributed by atoms with van der Waals surface area (Å²) >= 11 is 1.86. The SMILES string of the molecule is c1ccc2c(-c3ccc(N(c4ccc5ccc6ccccc6c5c4)c4cccc5c4sc4ccccc45)c4c3oc3ccccc34)cccc2c1. The third kappa shape index (κ3) is 4.29. The number of hydrogen-bond donors (Lipinski definition) is 0. The predicted molar refractivity (Wildman–Crippen MR) is 219 cm³/mol. The molecule has 0 aliphatic heterocycles. The van der Waals surface area contributed by atoms with E-state index in [1.807, 2.05) is 11.3 Å². The zero-order valence-electron chi connectivity index (χ0n) is 27.5. The zero-order valence-corrected chi connectivity index (χ0v) is 28.3. The van der Waals surface area contributed by atoms with Crippen molar-refractivity contribution in [1.29, 1.82) is 0 Å². The molecule has 9 aromatic carbocycles. The molecule has 0 atom stereocenters. The second-order valence-corrected chi connectivity index (χ2v) is 14.3. The second kappa shape index (κ2) is 11.0. The van der Waals surface area contributed by atoms with Gasteiger partial charge in [0, 0.05) is 32.1 Å². The van der Waals surface area contributed by atoms with E-state index in [1.165, 1.54) is 58.1 Å². The molecule has 2 heterocycles. The average molecular weight is 668 g/mol. The first-order chi connectivity index (χ1) is 25.3. The number of benzene rings is 9. The van der Waals surface area contributed by atoms with Crippen LogP contribution < -0.4 is 4.90 Å². The molecule has 0 amide bonds. The topological polar surface area (TPSA) is 16.4 Å². The number of para-hydroxylation sites is 1. The fourth-order valence-electron chi connectivity index (χ4n) is 8.11. The molecule has 11 rings (SSSR count). The molecule has 0 saturated heterocycles. The van der Waals surface area contributed by atoms with Gasteiger partial charge in [0.05, 0.1) is 21.5 Å². The van der Waals surface area contributed by atoms with E-state index in [1.54, 1.807) is 0 Å². The van der Waals surface area contributed by atoms with Crippen molar-refractivity contribution in [1.82, 2.24) is 0 Å². The molecule has 0 radical (unpaired) electrons. The van der Waals surface area contributed by atoms with Gasteiger partial charge in [-0.1, -0.05) is 133 Å². The number of fused-ring (bicyclic) bond motifs is 10. The summed E-state index contributed by atoms with van der Waals surface area (Å²) in [6, 6.07) is 63.7. The van der Waals surface area contributed by atoms with Gasteiger partial charge in [-0.3, -0.25) is 0 Å². The van der Waals surface area contributed by atoms with Crippen LogP contribution in [0.3, 0.4) is 0 Å². The number of nitrogens with zero attached hydrogens (tertiary/aromatic N) is 1. The molecule has 2 aromatic heterocycles. The van der Waals surface area contributed by atoms with E-state index in [4.69, 9.17) is 4.42 Å². The molecule has 51 heavy (non-hydrogen) atoms. The Morgan fingerprint density at radius 3 is 1.94 bits per heavy atom. The van der Waals surface area contributed by atoms with Crippen molar-refractivity contribution >= 4 is 103 Å². The summed E-state index contributed by atoms with van der Waals surface area (Å²) in [5.74, 6) is 0. The minimum atomic E-state index is 0.881. The van der Waals surface area contributed by atoms with E-state index in [9.17, 15) is 0 Å². The Labute approximate surface area is 298 Å². The molecular weight excluding hydrogens is 639 g/mol. The van der Waals surface area contributed by atoms with Gasteiger partial charge < -0.3 is 9.32 Å². The van der Waals surface area contributed by atoms with E-state index >= 15 is 0 Å². The van der Waals surface area contributed by atoms with E-state index in [-0.39, 0.29) is 0 Å². The standard InChI is InChI=1S/C48H29NOS/c1-3-14-34-30(11-1)13-9-18-36(34)38-27-28-42(46-40-17-5-7-21-44(40)50-47(38)46)49(43-20-10-19-39-37-16-6-8-22-45(37)51-48(39)43)33-26-25-32-24-23-31-12-2-4-15-35(31)41(32)29-33/h1-29H. The van der Waals surface area contributed by atoms with Gasteiger partial charge in [0.15, 0.2) is 0 Å². The number of rotatable bonds is 4. The Morgan fingerprint density at radius 2 is 1.06 bits per heavy atom. The zero-order chi connectivity index (χ0) is 33.5. The van der Waals surface area contributed by atoms with Crippen LogP contribution in [-0.2, 0) is 0 Å². The van der Waals surface area contributed by atoms with Gasteiger partial charge in [0.2, 0.25) is 0 Å². The molecule has 11 aromatic rings. The monoisotopic (exact) mass is 667 g/mol. The molecule has 2 nitrogen and oxygen atoms in total. The lowest BCUT2D eigenvalue weighted by Gasteiger charge is -2.27. The van der Waals surface area contributed by atoms with Crippen LogP contribution in [0.1, 0.15) is 0 Å². The van der Waals surface area contributed by atoms with Crippen LogP contribution in [0.4, 0.5) is 17.1 Å². The maximum atomic E-state index is 6.89. The largest absolute Gasteiger partial charge is 0.455 e. The molecule has 3 heteroatoms. The number of anilines is 3. The summed E-state index contributed by atoms with van der Waals surface area (Å²) in [5, 5.41) is 12.1. The Morgan fingerprint density at radius 1 is 0.412 bits per heavy atom. The van der Waals surface area contributed by atoms with E-state index in [0.29, 0.717) is 0 Å². The lowest BCUT2D eigenvalue weighted by molar-refractivity contribution is 0.670. The van der Waals surface area contributed by atoms with Crippen molar-refractivity contribution in [2.24, 2.45) is 0 Å². The summed E-state index contributed by atoms with van der Waals surface area (Å²) in [6.45, 7) is 0. The van der Waals surface area contributed by atoms with Crippen molar-refractivity contribution in [3.05, 3.63) is 176 Å². The van der Waals surface area contributed by atoms with Crippen LogP contribution >= 0.6 is 11.3 Å². The third-order valence-corrected chi connectivity index (χ3v) is 11.6.